The van der Waals surface area contributed by atoms with Gasteiger partial charge in [-0.25, -0.2) is 0 Å². The first-order valence-corrected chi connectivity index (χ1v) is 22.1. The van der Waals surface area contributed by atoms with E-state index in [0.717, 1.165) is 12.8 Å². The van der Waals surface area contributed by atoms with Crippen molar-refractivity contribution in [1.82, 2.24) is 0 Å². The molecule has 1 spiro atoms. The van der Waals surface area contributed by atoms with E-state index in [1.165, 1.54) is 123 Å². The minimum absolute atomic E-state index is 0.301. The van der Waals surface area contributed by atoms with Crippen molar-refractivity contribution in [3.63, 3.8) is 0 Å². The molecule has 0 fully saturated rings. The van der Waals surface area contributed by atoms with E-state index < -0.39 is 5.41 Å². The maximum absolute atomic E-state index is 2.58. The lowest BCUT2D eigenvalue weighted by Gasteiger charge is -2.32. The van der Waals surface area contributed by atoms with Gasteiger partial charge in [-0.2, -0.15) is 0 Å². The van der Waals surface area contributed by atoms with Crippen molar-refractivity contribution in [2.45, 2.75) is 79.6 Å². The molecule has 0 aromatic heterocycles. The van der Waals surface area contributed by atoms with Gasteiger partial charge in [-0.05, 0) is 210 Å². The van der Waals surface area contributed by atoms with Gasteiger partial charge in [-0.15, -0.1) is 0 Å². The molecule has 61 heavy (non-hydrogen) atoms. The summed E-state index contributed by atoms with van der Waals surface area (Å²) in [5.41, 5.74) is 28.7. The molecule has 1 heteroatoms. The Hall–Kier alpha value is -6.44. The van der Waals surface area contributed by atoms with Gasteiger partial charge in [0.25, 0.3) is 0 Å². The summed E-state index contributed by atoms with van der Waals surface area (Å²) < 4.78 is 0. The molecule has 8 aromatic carbocycles. The van der Waals surface area contributed by atoms with Crippen LogP contribution in [0.4, 0.5) is 17.1 Å². The highest BCUT2D eigenvalue weighted by atomic mass is 15.1. The first kappa shape index (κ1) is 38.7. The van der Waals surface area contributed by atoms with Crippen LogP contribution in [-0.4, -0.2) is 0 Å². The van der Waals surface area contributed by atoms with Crippen LogP contribution in [0, 0.1) is 55.4 Å². The van der Waals surface area contributed by atoms with Crippen LogP contribution in [0.25, 0.3) is 22.3 Å². The molecule has 0 saturated heterocycles. The molecule has 1 nitrogen and oxygen atoms in total. The number of rotatable bonds is 8. The van der Waals surface area contributed by atoms with E-state index in [9.17, 15) is 0 Å². The van der Waals surface area contributed by atoms with E-state index in [2.05, 4.69) is 218 Å². The van der Waals surface area contributed by atoms with Crippen molar-refractivity contribution in [2.24, 2.45) is 0 Å². The Morgan fingerprint density at radius 1 is 0.361 bits per heavy atom. The van der Waals surface area contributed by atoms with Gasteiger partial charge in [0.05, 0.1) is 5.41 Å². The number of hydrogen-bond donors (Lipinski definition) is 0. The smallest absolute Gasteiger partial charge is 0.0726 e. The standard InChI is InChI=1S/C60H55N/c1-37-17-23-46(31-41(37)5)51(47-24-18-38(2)42(6)32-47)28-21-45-22-29-54-55-30-27-50(61(48-25-19-39(3)43(7)33-48)49-26-20-40(4)44(8)34-49)36-59(55)60(58(54)35-45)56-15-11-9-13-52(56)53-14-10-12-16-57(53)60/h9-20,22-27,29-36,51H,21,28H2,1-8H3. The summed E-state index contributed by atoms with van der Waals surface area (Å²) in [6, 6.07) is 61.0. The average molecular weight is 790 g/mol. The normalized spacial score (nSPS) is 13.0. The Kier molecular flexibility index (Phi) is 9.48. The van der Waals surface area contributed by atoms with Gasteiger partial charge in [-0.3, -0.25) is 0 Å². The lowest BCUT2D eigenvalue weighted by molar-refractivity contribution is 0.711. The van der Waals surface area contributed by atoms with Crippen LogP contribution in [0.1, 0.15) is 95.8 Å². The Morgan fingerprint density at radius 3 is 1.28 bits per heavy atom. The van der Waals surface area contributed by atoms with E-state index >= 15 is 0 Å². The van der Waals surface area contributed by atoms with Crippen LogP contribution in [0.15, 0.2) is 158 Å². The summed E-state index contributed by atoms with van der Waals surface area (Å²) in [7, 11) is 0. The predicted octanol–water partition coefficient (Wildman–Crippen LogP) is 15.7. The molecule has 0 N–H and O–H groups in total. The van der Waals surface area contributed by atoms with Crippen molar-refractivity contribution in [1.29, 1.82) is 0 Å². The van der Waals surface area contributed by atoms with Crippen LogP contribution < -0.4 is 4.90 Å². The second-order valence-corrected chi connectivity index (χ2v) is 18.1. The molecule has 0 radical (unpaired) electrons. The van der Waals surface area contributed by atoms with E-state index in [0.29, 0.717) is 5.92 Å². The molecule has 8 aromatic rings. The lowest BCUT2D eigenvalue weighted by atomic mass is 9.70. The molecule has 0 atom stereocenters. The van der Waals surface area contributed by atoms with Gasteiger partial charge in [-0.1, -0.05) is 121 Å². The molecule has 0 amide bonds. The molecular formula is C60H55N. The molecule has 0 heterocycles. The summed E-state index contributed by atoms with van der Waals surface area (Å²) in [6.07, 6.45) is 2.01. The Balaban J connectivity index is 1.15. The van der Waals surface area contributed by atoms with Crippen molar-refractivity contribution in [3.8, 4) is 22.3 Å². The fourth-order valence-electron chi connectivity index (χ4n) is 10.4. The lowest BCUT2D eigenvalue weighted by Crippen LogP contribution is -2.26. The van der Waals surface area contributed by atoms with Gasteiger partial charge in [0.1, 0.15) is 0 Å². The Morgan fingerprint density at radius 2 is 0.770 bits per heavy atom. The van der Waals surface area contributed by atoms with Gasteiger partial charge in [0.15, 0.2) is 0 Å². The highest BCUT2D eigenvalue weighted by Gasteiger charge is 2.52. The zero-order valence-corrected chi connectivity index (χ0v) is 36.9. The van der Waals surface area contributed by atoms with E-state index in [1.807, 2.05) is 0 Å². The second kappa shape index (κ2) is 14.9. The molecule has 2 aliphatic rings. The third-order valence-electron chi connectivity index (χ3n) is 14.5. The SMILES string of the molecule is Cc1ccc(C(CCc2ccc3c(c2)C2(c4ccccc4-c4ccccc42)c2cc(N(c4ccc(C)c(C)c4)c4ccc(C)c(C)c4)ccc2-3)c2ccc(C)c(C)c2)cc1C. The number of nitrogens with zero attached hydrogens (tertiary/aromatic N) is 1. The first-order valence-electron chi connectivity index (χ1n) is 22.1. The highest BCUT2D eigenvalue weighted by molar-refractivity contribution is 5.96. The molecule has 0 aliphatic heterocycles. The molecule has 0 unspecified atom stereocenters. The summed E-state index contributed by atoms with van der Waals surface area (Å²) >= 11 is 0. The van der Waals surface area contributed by atoms with Crippen LogP contribution >= 0.6 is 0 Å². The maximum Gasteiger partial charge on any atom is 0.0726 e. The average Bonchev–Trinajstić information content (AvgIpc) is 3.72. The zero-order valence-electron chi connectivity index (χ0n) is 36.9. The quantitative estimate of drug-likeness (QED) is 0.148. The summed E-state index contributed by atoms with van der Waals surface area (Å²) in [6.45, 7) is 17.8. The van der Waals surface area contributed by atoms with Crippen molar-refractivity contribution < 1.29 is 0 Å². The molecule has 0 bridgehead atoms. The monoisotopic (exact) mass is 789 g/mol. The molecule has 300 valence electrons. The van der Waals surface area contributed by atoms with Crippen molar-refractivity contribution >= 4 is 17.1 Å². The van der Waals surface area contributed by atoms with Gasteiger partial charge in [0.2, 0.25) is 0 Å². The number of fused-ring (bicyclic) bond motifs is 10. The topological polar surface area (TPSA) is 3.24 Å². The van der Waals surface area contributed by atoms with E-state index in [-0.39, 0.29) is 0 Å². The Labute approximate surface area is 363 Å². The number of anilines is 3. The molecule has 0 saturated carbocycles. The largest absolute Gasteiger partial charge is 0.310 e. The summed E-state index contributed by atoms with van der Waals surface area (Å²) in [4.78, 5) is 2.47. The van der Waals surface area contributed by atoms with Crippen molar-refractivity contribution in [2.75, 3.05) is 4.90 Å². The van der Waals surface area contributed by atoms with Gasteiger partial charge < -0.3 is 4.90 Å². The van der Waals surface area contributed by atoms with Crippen molar-refractivity contribution in [3.05, 3.63) is 241 Å². The minimum atomic E-state index is -0.455. The van der Waals surface area contributed by atoms with Gasteiger partial charge >= 0.3 is 0 Å². The second-order valence-electron chi connectivity index (χ2n) is 18.1. The molecule has 2 aliphatic carbocycles. The molecule has 10 rings (SSSR count). The van der Waals surface area contributed by atoms with Crippen LogP contribution in [0.3, 0.4) is 0 Å². The van der Waals surface area contributed by atoms with E-state index in [4.69, 9.17) is 0 Å². The number of benzene rings is 8. The predicted molar refractivity (Wildman–Crippen MR) is 258 cm³/mol. The van der Waals surface area contributed by atoms with Crippen LogP contribution in [-0.2, 0) is 11.8 Å². The Bertz CT molecular complexity index is 2880. The highest BCUT2D eigenvalue weighted by Crippen LogP contribution is 2.63. The van der Waals surface area contributed by atoms with Crippen LogP contribution in [0.2, 0.25) is 0 Å². The summed E-state index contributed by atoms with van der Waals surface area (Å²) in [5, 5.41) is 0. The fraction of sp³-hybridized carbons (Fsp3) is 0.200. The third kappa shape index (κ3) is 6.28. The maximum atomic E-state index is 2.58. The summed E-state index contributed by atoms with van der Waals surface area (Å²) in [5.74, 6) is 0.301. The number of aryl methyl sites for hydroxylation is 9. The first-order chi connectivity index (χ1) is 29.5. The fourth-order valence-corrected chi connectivity index (χ4v) is 10.4. The third-order valence-corrected chi connectivity index (χ3v) is 14.5. The van der Waals surface area contributed by atoms with E-state index in [1.54, 1.807) is 0 Å². The van der Waals surface area contributed by atoms with Crippen LogP contribution in [0.5, 0.6) is 0 Å². The zero-order chi connectivity index (χ0) is 42.2. The minimum Gasteiger partial charge on any atom is -0.310 e. The number of hydrogen-bond acceptors (Lipinski definition) is 1. The van der Waals surface area contributed by atoms with Gasteiger partial charge in [0, 0.05) is 23.0 Å². The molecular weight excluding hydrogens is 735 g/mol.